The van der Waals surface area contributed by atoms with Gasteiger partial charge in [-0.25, -0.2) is 0 Å². The highest BCUT2D eigenvalue weighted by Crippen LogP contribution is 2.33. The standard InChI is InChI=1S/C16H18BrNO2/c1-3-15(18)11-4-6-12(7-5-11)20-16-9-8-13(19-2)10-14(16)17/h4-10,15H,3,18H2,1-2H3/t15-/m1/s1. The Morgan fingerprint density at radius 3 is 2.30 bits per heavy atom. The van der Waals surface area contributed by atoms with Gasteiger partial charge in [-0.15, -0.1) is 0 Å². The van der Waals surface area contributed by atoms with E-state index in [1.165, 1.54) is 0 Å². The van der Waals surface area contributed by atoms with Gasteiger partial charge in [0.2, 0.25) is 0 Å². The molecule has 0 bridgehead atoms. The maximum absolute atomic E-state index is 5.99. The van der Waals surface area contributed by atoms with Crippen LogP contribution in [0.25, 0.3) is 0 Å². The van der Waals surface area contributed by atoms with Crippen molar-refractivity contribution >= 4 is 15.9 Å². The molecule has 0 saturated carbocycles. The van der Waals surface area contributed by atoms with Crippen LogP contribution in [0.3, 0.4) is 0 Å². The zero-order valence-electron chi connectivity index (χ0n) is 11.6. The van der Waals surface area contributed by atoms with Gasteiger partial charge in [0.1, 0.15) is 17.2 Å². The normalized spacial score (nSPS) is 12.0. The Bertz CT molecular complexity index is 569. The molecule has 0 aliphatic rings. The highest BCUT2D eigenvalue weighted by molar-refractivity contribution is 9.10. The van der Waals surface area contributed by atoms with E-state index in [-0.39, 0.29) is 6.04 Å². The minimum absolute atomic E-state index is 0.0803. The fourth-order valence-corrected chi connectivity index (χ4v) is 2.28. The number of nitrogens with two attached hydrogens (primary N) is 1. The predicted molar refractivity (Wildman–Crippen MR) is 84.4 cm³/mol. The van der Waals surface area contributed by atoms with Crippen molar-refractivity contribution in [3.8, 4) is 17.2 Å². The highest BCUT2D eigenvalue weighted by Gasteiger charge is 2.06. The predicted octanol–water partition coefficient (Wildman–Crippen LogP) is 4.66. The summed E-state index contributed by atoms with van der Waals surface area (Å²) in [5, 5.41) is 0. The van der Waals surface area contributed by atoms with Gasteiger partial charge < -0.3 is 15.2 Å². The molecule has 0 aliphatic heterocycles. The summed E-state index contributed by atoms with van der Waals surface area (Å²) in [5.74, 6) is 2.31. The third-order valence-electron chi connectivity index (χ3n) is 3.11. The van der Waals surface area contributed by atoms with Gasteiger partial charge in [0.25, 0.3) is 0 Å². The summed E-state index contributed by atoms with van der Waals surface area (Å²) in [6.07, 6.45) is 0.921. The quantitative estimate of drug-likeness (QED) is 0.864. The van der Waals surface area contributed by atoms with Crippen LogP contribution in [-0.2, 0) is 0 Å². The van der Waals surface area contributed by atoms with Gasteiger partial charge in [0.05, 0.1) is 11.6 Å². The van der Waals surface area contributed by atoms with Gasteiger partial charge in [-0.3, -0.25) is 0 Å². The lowest BCUT2D eigenvalue weighted by molar-refractivity contribution is 0.412. The SMILES string of the molecule is CC[C@@H](N)c1ccc(Oc2ccc(OC)cc2Br)cc1. The lowest BCUT2D eigenvalue weighted by atomic mass is 10.1. The van der Waals surface area contributed by atoms with Crippen LogP contribution < -0.4 is 15.2 Å². The second-order valence-electron chi connectivity index (χ2n) is 4.48. The Labute approximate surface area is 127 Å². The summed E-state index contributed by atoms with van der Waals surface area (Å²) < 4.78 is 11.8. The molecule has 4 heteroatoms. The number of rotatable bonds is 5. The summed E-state index contributed by atoms with van der Waals surface area (Å²) in [5.41, 5.74) is 7.11. The van der Waals surface area contributed by atoms with E-state index in [1.807, 2.05) is 42.5 Å². The monoisotopic (exact) mass is 335 g/mol. The molecule has 2 aromatic rings. The maximum atomic E-state index is 5.99. The summed E-state index contributed by atoms with van der Waals surface area (Å²) in [6.45, 7) is 2.07. The first-order valence-electron chi connectivity index (χ1n) is 6.51. The molecule has 0 fully saturated rings. The van der Waals surface area contributed by atoms with Crippen molar-refractivity contribution in [1.82, 2.24) is 0 Å². The molecule has 2 rings (SSSR count). The Kier molecular flexibility index (Phi) is 5.04. The van der Waals surface area contributed by atoms with E-state index in [1.54, 1.807) is 7.11 Å². The average molecular weight is 336 g/mol. The average Bonchev–Trinajstić information content (AvgIpc) is 2.49. The zero-order chi connectivity index (χ0) is 14.5. The number of hydrogen-bond acceptors (Lipinski definition) is 3. The molecule has 0 spiro atoms. The largest absolute Gasteiger partial charge is 0.497 e. The molecule has 3 nitrogen and oxygen atoms in total. The smallest absolute Gasteiger partial charge is 0.141 e. The zero-order valence-corrected chi connectivity index (χ0v) is 13.2. The van der Waals surface area contributed by atoms with Crippen LogP contribution in [0.2, 0.25) is 0 Å². The minimum atomic E-state index is 0.0803. The molecule has 0 unspecified atom stereocenters. The van der Waals surface area contributed by atoms with E-state index in [0.717, 1.165) is 33.7 Å². The first kappa shape index (κ1) is 14.9. The van der Waals surface area contributed by atoms with Crippen molar-refractivity contribution in [3.63, 3.8) is 0 Å². The van der Waals surface area contributed by atoms with Gasteiger partial charge in [-0.2, -0.15) is 0 Å². The molecule has 0 amide bonds. The number of methoxy groups -OCH3 is 1. The summed E-state index contributed by atoms with van der Waals surface area (Å²) in [6, 6.07) is 13.6. The van der Waals surface area contributed by atoms with E-state index in [2.05, 4.69) is 22.9 Å². The van der Waals surface area contributed by atoms with Gasteiger partial charge in [0.15, 0.2) is 0 Å². The second kappa shape index (κ2) is 6.77. The van der Waals surface area contributed by atoms with Crippen molar-refractivity contribution in [2.75, 3.05) is 7.11 Å². The number of hydrogen-bond donors (Lipinski definition) is 1. The van der Waals surface area contributed by atoms with Crippen LogP contribution in [0, 0.1) is 0 Å². The Balaban J connectivity index is 2.14. The maximum Gasteiger partial charge on any atom is 0.141 e. The van der Waals surface area contributed by atoms with Crippen LogP contribution in [0.4, 0.5) is 0 Å². The van der Waals surface area contributed by atoms with Crippen LogP contribution >= 0.6 is 15.9 Å². The lowest BCUT2D eigenvalue weighted by Crippen LogP contribution is -2.08. The Hall–Kier alpha value is -1.52. The van der Waals surface area contributed by atoms with E-state index < -0.39 is 0 Å². The molecule has 106 valence electrons. The van der Waals surface area contributed by atoms with Gasteiger partial charge >= 0.3 is 0 Å². The van der Waals surface area contributed by atoms with Crippen LogP contribution in [0.5, 0.6) is 17.2 Å². The lowest BCUT2D eigenvalue weighted by Gasteiger charge is -2.12. The molecule has 0 heterocycles. The third-order valence-corrected chi connectivity index (χ3v) is 3.73. The fraction of sp³-hybridized carbons (Fsp3) is 0.250. The van der Waals surface area contributed by atoms with Crippen molar-refractivity contribution in [2.24, 2.45) is 5.73 Å². The van der Waals surface area contributed by atoms with Crippen molar-refractivity contribution in [1.29, 1.82) is 0 Å². The molecular formula is C16H18BrNO2. The summed E-state index contributed by atoms with van der Waals surface area (Å²) in [4.78, 5) is 0. The van der Waals surface area contributed by atoms with Crippen molar-refractivity contribution in [2.45, 2.75) is 19.4 Å². The summed E-state index contributed by atoms with van der Waals surface area (Å²) in [7, 11) is 1.64. The van der Waals surface area contributed by atoms with E-state index >= 15 is 0 Å². The first-order chi connectivity index (χ1) is 9.63. The van der Waals surface area contributed by atoms with E-state index in [0.29, 0.717) is 0 Å². The Morgan fingerprint density at radius 1 is 1.10 bits per heavy atom. The molecule has 0 radical (unpaired) electrons. The molecular weight excluding hydrogens is 318 g/mol. The molecule has 0 saturated heterocycles. The topological polar surface area (TPSA) is 44.5 Å². The number of ether oxygens (including phenoxy) is 2. The highest BCUT2D eigenvalue weighted by atomic mass is 79.9. The molecule has 2 aromatic carbocycles. The molecule has 0 aromatic heterocycles. The summed E-state index contributed by atoms with van der Waals surface area (Å²) >= 11 is 3.47. The van der Waals surface area contributed by atoms with Crippen LogP contribution in [0.15, 0.2) is 46.9 Å². The van der Waals surface area contributed by atoms with Gasteiger partial charge in [-0.05, 0) is 58.2 Å². The minimum Gasteiger partial charge on any atom is -0.497 e. The molecule has 1 atom stereocenters. The number of benzene rings is 2. The van der Waals surface area contributed by atoms with Gasteiger partial charge in [0, 0.05) is 6.04 Å². The molecule has 2 N–H and O–H groups in total. The van der Waals surface area contributed by atoms with Crippen molar-refractivity contribution in [3.05, 3.63) is 52.5 Å². The second-order valence-corrected chi connectivity index (χ2v) is 5.34. The Morgan fingerprint density at radius 2 is 1.75 bits per heavy atom. The van der Waals surface area contributed by atoms with Gasteiger partial charge in [-0.1, -0.05) is 19.1 Å². The fourth-order valence-electron chi connectivity index (χ4n) is 1.84. The third kappa shape index (κ3) is 3.52. The van der Waals surface area contributed by atoms with E-state index in [9.17, 15) is 0 Å². The number of halogens is 1. The molecule has 0 aliphatic carbocycles. The first-order valence-corrected chi connectivity index (χ1v) is 7.30. The molecule has 20 heavy (non-hydrogen) atoms. The van der Waals surface area contributed by atoms with Crippen molar-refractivity contribution < 1.29 is 9.47 Å². The van der Waals surface area contributed by atoms with Crippen LogP contribution in [0.1, 0.15) is 24.9 Å². The van der Waals surface area contributed by atoms with Crippen LogP contribution in [-0.4, -0.2) is 7.11 Å². The van der Waals surface area contributed by atoms with E-state index in [4.69, 9.17) is 15.2 Å².